The van der Waals surface area contributed by atoms with Gasteiger partial charge in [0.2, 0.25) is 11.8 Å². The molecule has 9 heteroatoms. The van der Waals surface area contributed by atoms with E-state index in [-0.39, 0.29) is 29.6 Å². The molecule has 0 aliphatic carbocycles. The molecular weight excluding hydrogens is 598 g/mol. The maximum Gasteiger partial charge on any atom is 0.251 e. The maximum atomic E-state index is 14.9. The molecule has 2 fully saturated rings. The van der Waals surface area contributed by atoms with E-state index >= 15 is 0 Å². The molecule has 7 rings (SSSR count). The third-order valence-corrected chi connectivity index (χ3v) is 11.4. The molecule has 3 aromatic rings. The summed E-state index contributed by atoms with van der Waals surface area (Å²) in [6.07, 6.45) is 8.43. The highest BCUT2D eigenvalue weighted by Crippen LogP contribution is 2.61. The zero-order valence-corrected chi connectivity index (χ0v) is 26.5. The Balaban J connectivity index is 1.31. The number of benzene rings is 3. The Labute approximate surface area is 273 Å². The van der Waals surface area contributed by atoms with Crippen molar-refractivity contribution in [1.82, 2.24) is 9.80 Å². The predicted octanol–water partition coefficient (Wildman–Crippen LogP) is 4.10. The van der Waals surface area contributed by atoms with E-state index in [1.54, 1.807) is 28.7 Å². The van der Waals surface area contributed by atoms with E-state index in [0.29, 0.717) is 37.5 Å². The van der Waals surface area contributed by atoms with Crippen molar-refractivity contribution in [3.05, 3.63) is 120 Å². The van der Waals surface area contributed by atoms with Gasteiger partial charge in [-0.2, -0.15) is 0 Å². The van der Waals surface area contributed by atoms with Gasteiger partial charge in [0.25, 0.3) is 5.91 Å². The predicted molar refractivity (Wildman–Crippen MR) is 178 cm³/mol. The van der Waals surface area contributed by atoms with Crippen LogP contribution >= 0.6 is 11.8 Å². The minimum atomic E-state index is -0.982. The van der Waals surface area contributed by atoms with Crippen LogP contribution < -0.4 is 9.64 Å². The number of aliphatic hydroxyl groups is 1. The van der Waals surface area contributed by atoms with Crippen molar-refractivity contribution in [3.8, 4) is 5.75 Å². The molecule has 8 nitrogen and oxygen atoms in total. The van der Waals surface area contributed by atoms with E-state index in [2.05, 4.69) is 6.08 Å². The SMILES string of the molecule is COc1ccc(N2CC=C[C@]34S[C@@H]5C=CCN(Cc6ccccc6)C(=O)[C@@H]5[C@H]3C(=O)N([C@@H](CO)Cc3ccccc3)C4C2=O)cc1. The van der Waals surface area contributed by atoms with Gasteiger partial charge in [-0.1, -0.05) is 85.0 Å². The number of rotatable bonds is 8. The fourth-order valence-corrected chi connectivity index (χ4v) is 9.59. The van der Waals surface area contributed by atoms with Gasteiger partial charge in [0.05, 0.1) is 36.3 Å². The standard InChI is InChI=1S/C37H37N3O5S/c1-45-29-17-15-27(16-18-29)39-21-9-19-37-32(31-30(46-37)14-8-20-38(34(31)42)23-26-12-6-3-7-13-26)35(43)40(33(37)36(39)44)28(24-41)22-25-10-4-2-5-11-25/h2-19,28,30-33,41H,20-24H2,1H3/t28-,30-,31+,32+,33?,37+/m1/s1. The number of hydrogen-bond acceptors (Lipinski definition) is 6. The molecule has 2 saturated heterocycles. The van der Waals surface area contributed by atoms with Crippen molar-refractivity contribution in [2.75, 3.05) is 31.7 Å². The molecule has 1 N–H and O–H groups in total. The van der Waals surface area contributed by atoms with Crippen molar-refractivity contribution < 1.29 is 24.2 Å². The normalized spacial score (nSPS) is 27.6. The highest BCUT2D eigenvalue weighted by molar-refractivity contribution is 8.02. The van der Waals surface area contributed by atoms with Gasteiger partial charge in [-0.05, 0) is 41.8 Å². The first kappa shape index (κ1) is 30.3. The Kier molecular flexibility index (Phi) is 8.21. The molecule has 4 aliphatic heterocycles. The monoisotopic (exact) mass is 635 g/mol. The van der Waals surface area contributed by atoms with Gasteiger partial charge in [0.1, 0.15) is 11.8 Å². The second kappa shape index (κ2) is 12.5. The summed E-state index contributed by atoms with van der Waals surface area (Å²) in [5, 5.41) is 10.5. The van der Waals surface area contributed by atoms with E-state index in [1.807, 2.05) is 108 Å². The summed E-state index contributed by atoms with van der Waals surface area (Å²) >= 11 is 1.55. The minimum absolute atomic E-state index is 0.0807. The number of carbonyl (C=O) groups is 3. The Morgan fingerprint density at radius 2 is 1.57 bits per heavy atom. The lowest BCUT2D eigenvalue weighted by Crippen LogP contribution is -2.57. The van der Waals surface area contributed by atoms with Crippen LogP contribution in [-0.2, 0) is 27.3 Å². The average molecular weight is 636 g/mol. The largest absolute Gasteiger partial charge is 0.497 e. The van der Waals surface area contributed by atoms with Crippen LogP contribution in [0.1, 0.15) is 11.1 Å². The molecule has 1 spiro atoms. The molecule has 3 amide bonds. The number of thioether (sulfide) groups is 1. The third kappa shape index (κ3) is 5.11. The average Bonchev–Trinajstić information content (AvgIpc) is 3.41. The fraction of sp³-hybridized carbons (Fsp3) is 0.324. The summed E-state index contributed by atoms with van der Waals surface area (Å²) in [4.78, 5) is 49.4. The molecule has 0 aromatic heterocycles. The van der Waals surface area contributed by atoms with E-state index in [9.17, 15) is 19.5 Å². The first-order valence-electron chi connectivity index (χ1n) is 15.7. The van der Waals surface area contributed by atoms with E-state index in [4.69, 9.17) is 4.74 Å². The van der Waals surface area contributed by atoms with Gasteiger partial charge in [-0.25, -0.2) is 0 Å². The molecule has 3 aromatic carbocycles. The number of hydrogen-bond donors (Lipinski definition) is 1. The molecule has 236 valence electrons. The Hall–Kier alpha value is -4.34. The minimum Gasteiger partial charge on any atom is -0.497 e. The summed E-state index contributed by atoms with van der Waals surface area (Å²) in [5.74, 6) is -1.29. The quantitative estimate of drug-likeness (QED) is 0.375. The Morgan fingerprint density at radius 3 is 2.24 bits per heavy atom. The highest BCUT2D eigenvalue weighted by atomic mass is 32.2. The molecule has 1 unspecified atom stereocenters. The summed E-state index contributed by atoms with van der Waals surface area (Å²) in [6.45, 7) is 0.897. The van der Waals surface area contributed by atoms with Crippen molar-refractivity contribution >= 4 is 35.2 Å². The van der Waals surface area contributed by atoms with Crippen LogP contribution in [0.15, 0.2) is 109 Å². The maximum absolute atomic E-state index is 14.9. The van der Waals surface area contributed by atoms with Gasteiger partial charge in [-0.15, -0.1) is 11.8 Å². The first-order valence-corrected chi connectivity index (χ1v) is 16.6. The number of amides is 3. The summed E-state index contributed by atoms with van der Waals surface area (Å²) in [7, 11) is 1.60. The lowest BCUT2D eigenvalue weighted by Gasteiger charge is -2.38. The van der Waals surface area contributed by atoms with Crippen molar-refractivity contribution in [3.63, 3.8) is 0 Å². The molecular formula is C37H37N3O5S. The smallest absolute Gasteiger partial charge is 0.251 e. The number of nitrogens with zero attached hydrogens (tertiary/aromatic N) is 3. The van der Waals surface area contributed by atoms with Gasteiger partial charge in [0.15, 0.2) is 0 Å². The molecule has 4 heterocycles. The molecule has 4 aliphatic rings. The highest BCUT2D eigenvalue weighted by Gasteiger charge is 2.71. The lowest BCUT2D eigenvalue weighted by molar-refractivity contribution is -0.144. The van der Waals surface area contributed by atoms with Gasteiger partial charge < -0.3 is 24.5 Å². The number of methoxy groups -OCH3 is 1. The molecule has 6 atom stereocenters. The van der Waals surface area contributed by atoms with E-state index < -0.39 is 28.7 Å². The zero-order chi connectivity index (χ0) is 31.8. The third-order valence-electron chi connectivity index (χ3n) is 9.70. The van der Waals surface area contributed by atoms with Crippen molar-refractivity contribution in [1.29, 1.82) is 0 Å². The van der Waals surface area contributed by atoms with Crippen molar-refractivity contribution in [2.45, 2.75) is 35.0 Å². The van der Waals surface area contributed by atoms with Crippen molar-refractivity contribution in [2.24, 2.45) is 11.8 Å². The second-order valence-electron chi connectivity index (χ2n) is 12.3. The lowest BCUT2D eigenvalue weighted by atomic mass is 9.78. The van der Waals surface area contributed by atoms with Gasteiger partial charge in [-0.3, -0.25) is 14.4 Å². The van der Waals surface area contributed by atoms with Crippen LogP contribution in [0.2, 0.25) is 0 Å². The topological polar surface area (TPSA) is 90.4 Å². The molecule has 0 radical (unpaired) electrons. The van der Waals surface area contributed by atoms with Gasteiger partial charge in [0, 0.05) is 30.6 Å². The summed E-state index contributed by atoms with van der Waals surface area (Å²) in [6, 6.07) is 25.3. The van der Waals surface area contributed by atoms with Crippen LogP contribution in [0.25, 0.3) is 0 Å². The molecule has 0 saturated carbocycles. The summed E-state index contributed by atoms with van der Waals surface area (Å²) in [5.41, 5.74) is 2.66. The van der Waals surface area contributed by atoms with Crippen LogP contribution in [0.3, 0.4) is 0 Å². The number of aliphatic hydroxyl groups excluding tert-OH is 1. The molecule has 46 heavy (non-hydrogen) atoms. The zero-order valence-electron chi connectivity index (χ0n) is 25.6. The first-order chi connectivity index (χ1) is 22.4. The van der Waals surface area contributed by atoms with Crippen LogP contribution in [0, 0.1) is 11.8 Å². The van der Waals surface area contributed by atoms with E-state index in [1.165, 1.54) is 0 Å². The number of fused-ring (bicyclic) bond motifs is 2. The van der Waals surface area contributed by atoms with Gasteiger partial charge >= 0.3 is 0 Å². The van der Waals surface area contributed by atoms with E-state index in [0.717, 1.165) is 11.1 Å². The number of carbonyl (C=O) groups excluding carboxylic acids is 3. The molecule has 0 bridgehead atoms. The van der Waals surface area contributed by atoms with Crippen LogP contribution in [-0.4, -0.2) is 81.5 Å². The van der Waals surface area contributed by atoms with Crippen LogP contribution in [0.5, 0.6) is 5.75 Å². The fourth-order valence-electron chi connectivity index (χ4n) is 7.60. The van der Waals surface area contributed by atoms with Crippen LogP contribution in [0.4, 0.5) is 5.69 Å². The summed E-state index contributed by atoms with van der Waals surface area (Å²) < 4.78 is 4.36. The number of anilines is 1. The Morgan fingerprint density at radius 1 is 0.870 bits per heavy atom. The Bertz CT molecular complexity index is 1660. The number of ether oxygens (including phenoxy) is 1. The second-order valence-corrected chi connectivity index (χ2v) is 13.8. The number of likely N-dealkylation sites (tertiary alicyclic amines) is 1.